The highest BCUT2D eigenvalue weighted by Gasteiger charge is 2.29. The van der Waals surface area contributed by atoms with Crippen molar-refractivity contribution >= 4 is 27.6 Å². The summed E-state index contributed by atoms with van der Waals surface area (Å²) in [5.41, 5.74) is 0.0220. The highest BCUT2D eigenvalue weighted by molar-refractivity contribution is 9.10. The summed E-state index contributed by atoms with van der Waals surface area (Å²) in [5, 5.41) is 2.68. The number of nitrogens with one attached hydrogen (secondary N) is 1. The number of urea groups is 1. The van der Waals surface area contributed by atoms with Crippen LogP contribution in [0, 0.1) is 0 Å². The van der Waals surface area contributed by atoms with Crippen molar-refractivity contribution in [1.82, 2.24) is 9.47 Å². The first-order chi connectivity index (χ1) is 9.40. The highest BCUT2D eigenvalue weighted by Crippen LogP contribution is 2.16. The molecule has 2 heterocycles. The standard InChI is InChI=1S/C13H18BrN3O3/c1-8-9(2)20-5-4-17(8)13(19)15-11-6-10(14)7-16(3)12(11)18/h6-9H,4-5H2,1-3H3,(H,15,19)/t8-,9-/m0/s1. The van der Waals surface area contributed by atoms with Crippen molar-refractivity contribution in [3.8, 4) is 0 Å². The number of rotatable bonds is 1. The van der Waals surface area contributed by atoms with Crippen LogP contribution in [0.3, 0.4) is 0 Å². The Hall–Kier alpha value is -1.34. The fourth-order valence-corrected chi connectivity index (χ4v) is 2.70. The van der Waals surface area contributed by atoms with Crippen LogP contribution in [-0.4, -0.2) is 40.8 Å². The lowest BCUT2D eigenvalue weighted by molar-refractivity contribution is -0.0355. The molecular formula is C13H18BrN3O3. The van der Waals surface area contributed by atoms with E-state index in [0.29, 0.717) is 13.2 Å². The van der Waals surface area contributed by atoms with Gasteiger partial charge in [-0.3, -0.25) is 4.79 Å². The predicted octanol–water partition coefficient (Wildman–Crippen LogP) is 1.79. The van der Waals surface area contributed by atoms with Gasteiger partial charge in [-0.25, -0.2) is 4.79 Å². The summed E-state index contributed by atoms with van der Waals surface area (Å²) in [6, 6.07) is 1.30. The molecule has 20 heavy (non-hydrogen) atoms. The fraction of sp³-hybridized carbons (Fsp3) is 0.538. The first-order valence-electron chi connectivity index (χ1n) is 6.45. The van der Waals surface area contributed by atoms with Gasteiger partial charge in [0.1, 0.15) is 5.69 Å². The number of amides is 2. The van der Waals surface area contributed by atoms with Crippen molar-refractivity contribution in [3.63, 3.8) is 0 Å². The quantitative estimate of drug-likeness (QED) is 0.845. The van der Waals surface area contributed by atoms with Crippen molar-refractivity contribution in [2.45, 2.75) is 26.0 Å². The average Bonchev–Trinajstić information content (AvgIpc) is 2.38. The third kappa shape index (κ3) is 3.04. The van der Waals surface area contributed by atoms with E-state index in [-0.39, 0.29) is 29.4 Å². The minimum absolute atomic E-state index is 0.0140. The molecule has 0 aliphatic carbocycles. The van der Waals surface area contributed by atoms with E-state index in [1.165, 1.54) is 4.57 Å². The van der Waals surface area contributed by atoms with Gasteiger partial charge in [0.15, 0.2) is 0 Å². The molecule has 1 aromatic rings. The zero-order valence-electron chi connectivity index (χ0n) is 11.7. The lowest BCUT2D eigenvalue weighted by Gasteiger charge is -2.37. The molecule has 0 bridgehead atoms. The van der Waals surface area contributed by atoms with Gasteiger partial charge in [-0.15, -0.1) is 0 Å². The van der Waals surface area contributed by atoms with Crippen molar-refractivity contribution in [2.75, 3.05) is 18.5 Å². The second kappa shape index (κ2) is 5.97. The maximum atomic E-state index is 12.3. The molecule has 1 aliphatic heterocycles. The fourth-order valence-electron chi connectivity index (χ4n) is 2.17. The van der Waals surface area contributed by atoms with Gasteiger partial charge in [-0.05, 0) is 35.8 Å². The van der Waals surface area contributed by atoms with Crippen molar-refractivity contribution in [2.24, 2.45) is 7.05 Å². The van der Waals surface area contributed by atoms with Crippen LogP contribution in [0.15, 0.2) is 21.5 Å². The Labute approximate surface area is 125 Å². The Morgan fingerprint density at radius 3 is 2.90 bits per heavy atom. The topological polar surface area (TPSA) is 63.6 Å². The summed E-state index contributed by atoms with van der Waals surface area (Å²) in [6.45, 7) is 4.89. The number of carbonyl (C=O) groups is 1. The maximum Gasteiger partial charge on any atom is 0.322 e. The van der Waals surface area contributed by atoms with Gasteiger partial charge in [0.2, 0.25) is 0 Å². The van der Waals surface area contributed by atoms with Gasteiger partial charge in [0.25, 0.3) is 5.56 Å². The molecule has 0 aromatic carbocycles. The summed E-state index contributed by atoms with van der Waals surface area (Å²) >= 11 is 3.31. The van der Waals surface area contributed by atoms with E-state index < -0.39 is 0 Å². The van der Waals surface area contributed by atoms with E-state index in [4.69, 9.17) is 4.74 Å². The number of anilines is 1. The van der Waals surface area contributed by atoms with Crippen LogP contribution in [0.25, 0.3) is 0 Å². The lowest BCUT2D eigenvalue weighted by atomic mass is 10.1. The number of morpholine rings is 1. The number of nitrogens with zero attached hydrogens (tertiary/aromatic N) is 2. The first kappa shape index (κ1) is 15.1. The van der Waals surface area contributed by atoms with Gasteiger partial charge in [0, 0.05) is 24.3 Å². The van der Waals surface area contributed by atoms with Crippen molar-refractivity contribution in [1.29, 1.82) is 0 Å². The summed E-state index contributed by atoms with van der Waals surface area (Å²) in [6.07, 6.45) is 1.64. The van der Waals surface area contributed by atoms with E-state index in [1.54, 1.807) is 24.2 Å². The van der Waals surface area contributed by atoms with Gasteiger partial charge < -0.3 is 19.5 Å². The normalized spacial score (nSPS) is 22.7. The van der Waals surface area contributed by atoms with E-state index >= 15 is 0 Å². The lowest BCUT2D eigenvalue weighted by Crippen LogP contribution is -2.52. The van der Waals surface area contributed by atoms with Gasteiger partial charge in [-0.2, -0.15) is 0 Å². The molecule has 1 N–H and O–H groups in total. The molecule has 7 heteroatoms. The number of ether oxygens (including phenoxy) is 1. The zero-order chi connectivity index (χ0) is 14.9. The second-order valence-corrected chi connectivity index (χ2v) is 5.84. The highest BCUT2D eigenvalue weighted by atomic mass is 79.9. The minimum Gasteiger partial charge on any atom is -0.375 e. The molecule has 0 radical (unpaired) electrons. The third-order valence-electron chi connectivity index (χ3n) is 3.54. The number of hydrogen-bond acceptors (Lipinski definition) is 3. The summed E-state index contributed by atoms with van der Waals surface area (Å²) in [7, 11) is 1.64. The maximum absolute atomic E-state index is 12.3. The number of carbonyl (C=O) groups excluding carboxylic acids is 1. The number of aryl methyl sites for hydroxylation is 1. The smallest absolute Gasteiger partial charge is 0.322 e. The number of pyridine rings is 1. The summed E-state index contributed by atoms with van der Waals surface area (Å²) in [5.74, 6) is 0. The average molecular weight is 344 g/mol. The van der Waals surface area contributed by atoms with Crippen LogP contribution >= 0.6 is 15.9 Å². The molecule has 0 unspecified atom stereocenters. The Morgan fingerprint density at radius 2 is 2.20 bits per heavy atom. The first-order valence-corrected chi connectivity index (χ1v) is 7.25. The molecule has 0 saturated carbocycles. The van der Waals surface area contributed by atoms with Crippen LogP contribution in [0.4, 0.5) is 10.5 Å². The second-order valence-electron chi connectivity index (χ2n) is 4.93. The van der Waals surface area contributed by atoms with Crippen LogP contribution in [0.2, 0.25) is 0 Å². The van der Waals surface area contributed by atoms with E-state index in [1.807, 2.05) is 13.8 Å². The molecule has 0 spiro atoms. The minimum atomic E-state index is -0.275. The Kier molecular flexibility index (Phi) is 4.49. The third-order valence-corrected chi connectivity index (χ3v) is 3.97. The van der Waals surface area contributed by atoms with Gasteiger partial charge in [-0.1, -0.05) is 0 Å². The van der Waals surface area contributed by atoms with Crippen LogP contribution < -0.4 is 10.9 Å². The molecule has 2 rings (SSSR count). The Balaban J connectivity index is 2.18. The van der Waals surface area contributed by atoms with Crippen LogP contribution in [0.5, 0.6) is 0 Å². The molecule has 6 nitrogen and oxygen atoms in total. The molecule has 2 atom stereocenters. The molecule has 2 amide bonds. The SMILES string of the molecule is C[C@@H]1OCCN(C(=O)Nc2cc(Br)cn(C)c2=O)[C@H]1C. The molecule has 110 valence electrons. The molecule has 1 fully saturated rings. The number of halogens is 1. The van der Waals surface area contributed by atoms with E-state index in [9.17, 15) is 9.59 Å². The van der Waals surface area contributed by atoms with Gasteiger partial charge >= 0.3 is 6.03 Å². The number of aromatic nitrogens is 1. The van der Waals surface area contributed by atoms with E-state index in [2.05, 4.69) is 21.2 Å². The van der Waals surface area contributed by atoms with Crippen molar-refractivity contribution < 1.29 is 9.53 Å². The van der Waals surface area contributed by atoms with Crippen LogP contribution in [-0.2, 0) is 11.8 Å². The van der Waals surface area contributed by atoms with Crippen molar-refractivity contribution in [3.05, 3.63) is 27.1 Å². The molecule has 1 aliphatic rings. The summed E-state index contributed by atoms with van der Waals surface area (Å²) < 4.78 is 7.64. The monoisotopic (exact) mass is 343 g/mol. The predicted molar refractivity (Wildman–Crippen MR) is 80.0 cm³/mol. The Bertz CT molecular complexity index is 572. The van der Waals surface area contributed by atoms with E-state index in [0.717, 1.165) is 4.47 Å². The molecule has 1 aromatic heterocycles. The number of hydrogen-bond donors (Lipinski definition) is 1. The molecule has 1 saturated heterocycles. The Morgan fingerprint density at radius 1 is 1.50 bits per heavy atom. The summed E-state index contributed by atoms with van der Waals surface area (Å²) in [4.78, 5) is 26.0. The zero-order valence-corrected chi connectivity index (χ0v) is 13.3. The van der Waals surface area contributed by atoms with Gasteiger partial charge in [0.05, 0.1) is 18.8 Å². The van der Waals surface area contributed by atoms with Crippen LogP contribution in [0.1, 0.15) is 13.8 Å². The molecular weight excluding hydrogens is 326 g/mol. The largest absolute Gasteiger partial charge is 0.375 e.